The van der Waals surface area contributed by atoms with E-state index in [0.717, 1.165) is 17.5 Å². The molecule has 0 aliphatic heterocycles. The van der Waals surface area contributed by atoms with Crippen molar-refractivity contribution in [2.75, 3.05) is 35.0 Å². The Morgan fingerprint density at radius 2 is 1.30 bits per heavy atom. The van der Waals surface area contributed by atoms with Crippen molar-refractivity contribution in [2.24, 2.45) is 0 Å². The van der Waals surface area contributed by atoms with Crippen molar-refractivity contribution < 1.29 is 23.7 Å². The fraction of sp³-hybridized carbons (Fsp3) is 0.308. The van der Waals surface area contributed by atoms with Gasteiger partial charge >= 0.3 is 0 Å². The fourth-order valence-corrected chi connectivity index (χ4v) is 3.69. The molecule has 7 heteroatoms. The van der Waals surface area contributed by atoms with E-state index in [2.05, 4.69) is 17.4 Å². The molecular formula is C26H30ClNO5. The minimum atomic E-state index is 0.520. The molecule has 33 heavy (non-hydrogen) atoms. The zero-order chi connectivity index (χ0) is 23.6. The van der Waals surface area contributed by atoms with Crippen LogP contribution in [0.4, 0.5) is 0 Å². The molecule has 0 saturated carbocycles. The number of ether oxygens (including phenoxy) is 5. The molecule has 176 valence electrons. The number of rotatable bonds is 12. The molecule has 0 aliphatic rings. The molecule has 3 rings (SSSR count). The van der Waals surface area contributed by atoms with E-state index < -0.39 is 0 Å². The lowest BCUT2D eigenvalue weighted by Crippen LogP contribution is -2.14. The van der Waals surface area contributed by atoms with Crippen molar-refractivity contribution in [3.63, 3.8) is 0 Å². The lowest BCUT2D eigenvalue weighted by atomic mass is 10.1. The summed E-state index contributed by atoms with van der Waals surface area (Å²) in [5.41, 5.74) is 3.12. The Bertz CT molecular complexity index is 1020. The van der Waals surface area contributed by atoms with Crippen molar-refractivity contribution in [1.29, 1.82) is 0 Å². The predicted octanol–water partition coefficient (Wildman–Crippen LogP) is 5.29. The molecule has 6 nitrogen and oxygen atoms in total. The number of nitrogens with one attached hydrogen (secondary N) is 1. The summed E-state index contributed by atoms with van der Waals surface area (Å²) in [6.07, 6.45) is 0.794. The Labute approximate surface area is 200 Å². The van der Waals surface area contributed by atoms with E-state index in [0.29, 0.717) is 53.5 Å². The largest absolute Gasteiger partial charge is 0.493 e. The van der Waals surface area contributed by atoms with Gasteiger partial charge in [0.25, 0.3) is 0 Å². The summed E-state index contributed by atoms with van der Waals surface area (Å²) in [5, 5.41) is 4.01. The SMILES string of the molecule is COc1cc(Cl)c(CNCc2cc(OC)c(OCCc3ccccc3)c(OC)c2)cc1OC. The maximum Gasteiger partial charge on any atom is 0.203 e. The van der Waals surface area contributed by atoms with Gasteiger partial charge in [-0.2, -0.15) is 0 Å². The van der Waals surface area contributed by atoms with E-state index in [1.807, 2.05) is 36.4 Å². The molecule has 0 aliphatic carbocycles. The van der Waals surface area contributed by atoms with Crippen LogP contribution in [-0.4, -0.2) is 35.0 Å². The minimum absolute atomic E-state index is 0.520. The van der Waals surface area contributed by atoms with Crippen molar-refractivity contribution >= 4 is 11.6 Å². The minimum Gasteiger partial charge on any atom is -0.493 e. The first-order valence-electron chi connectivity index (χ1n) is 10.6. The van der Waals surface area contributed by atoms with Gasteiger partial charge in [0.2, 0.25) is 5.75 Å². The molecule has 0 bridgehead atoms. The summed E-state index contributed by atoms with van der Waals surface area (Å²) in [6.45, 7) is 1.66. The second-order valence-corrected chi connectivity index (χ2v) is 7.72. The third kappa shape index (κ3) is 6.46. The van der Waals surface area contributed by atoms with Gasteiger partial charge in [0.05, 0.1) is 35.0 Å². The number of benzene rings is 3. The van der Waals surface area contributed by atoms with Gasteiger partial charge in [-0.05, 0) is 34.9 Å². The second kappa shape index (κ2) is 12.2. The van der Waals surface area contributed by atoms with Crippen molar-refractivity contribution in [3.8, 4) is 28.7 Å². The molecule has 0 radical (unpaired) electrons. The van der Waals surface area contributed by atoms with Gasteiger partial charge in [-0.15, -0.1) is 0 Å². The first kappa shape index (κ1) is 24.6. The Kier molecular flexibility index (Phi) is 9.10. The van der Waals surface area contributed by atoms with Crippen LogP contribution in [0.5, 0.6) is 28.7 Å². The summed E-state index contributed by atoms with van der Waals surface area (Å²) >= 11 is 6.40. The molecule has 3 aromatic carbocycles. The highest BCUT2D eigenvalue weighted by molar-refractivity contribution is 6.31. The van der Waals surface area contributed by atoms with Gasteiger partial charge in [0.1, 0.15) is 0 Å². The Morgan fingerprint density at radius 3 is 1.91 bits per heavy atom. The molecule has 0 aromatic heterocycles. The van der Waals surface area contributed by atoms with E-state index in [9.17, 15) is 0 Å². The summed E-state index contributed by atoms with van der Waals surface area (Å²) in [6, 6.07) is 17.7. The van der Waals surface area contributed by atoms with Crippen LogP contribution < -0.4 is 29.0 Å². The highest BCUT2D eigenvalue weighted by atomic mass is 35.5. The molecular weight excluding hydrogens is 442 g/mol. The Balaban J connectivity index is 1.66. The lowest BCUT2D eigenvalue weighted by Gasteiger charge is -2.17. The summed E-state index contributed by atoms with van der Waals surface area (Å²) in [4.78, 5) is 0. The highest BCUT2D eigenvalue weighted by Gasteiger charge is 2.15. The van der Waals surface area contributed by atoms with Crippen molar-refractivity contribution in [3.05, 3.63) is 76.3 Å². The van der Waals surface area contributed by atoms with Crippen molar-refractivity contribution in [1.82, 2.24) is 5.32 Å². The maximum atomic E-state index is 6.40. The first-order chi connectivity index (χ1) is 16.1. The second-order valence-electron chi connectivity index (χ2n) is 7.32. The third-order valence-electron chi connectivity index (χ3n) is 5.20. The van der Waals surface area contributed by atoms with Gasteiger partial charge < -0.3 is 29.0 Å². The molecule has 3 aromatic rings. The fourth-order valence-electron chi connectivity index (χ4n) is 3.47. The molecule has 0 saturated heterocycles. The average molecular weight is 472 g/mol. The van der Waals surface area contributed by atoms with E-state index in [1.165, 1.54) is 5.56 Å². The van der Waals surface area contributed by atoms with Gasteiger partial charge in [0.15, 0.2) is 23.0 Å². The standard InChI is InChI=1S/C26H30ClNO5/c1-29-22-14-20(21(27)15-23(22)30-2)17-28-16-19-12-24(31-3)26(25(13-19)32-4)33-11-10-18-8-6-5-7-9-18/h5-9,12-15,28H,10-11,16-17H2,1-4H3. The van der Waals surface area contributed by atoms with Gasteiger partial charge in [-0.1, -0.05) is 41.9 Å². The third-order valence-corrected chi connectivity index (χ3v) is 5.55. The molecule has 0 unspecified atom stereocenters. The molecule has 0 heterocycles. The monoisotopic (exact) mass is 471 g/mol. The quantitative estimate of drug-likeness (QED) is 0.387. The number of hydrogen-bond donors (Lipinski definition) is 1. The van der Waals surface area contributed by atoms with Crippen LogP contribution in [0.2, 0.25) is 5.02 Å². The molecule has 0 fully saturated rings. The van der Waals surface area contributed by atoms with Gasteiger partial charge in [0, 0.05) is 30.6 Å². The highest BCUT2D eigenvalue weighted by Crippen LogP contribution is 2.39. The Hall–Kier alpha value is -3.09. The topological polar surface area (TPSA) is 58.2 Å². The van der Waals surface area contributed by atoms with Gasteiger partial charge in [-0.25, -0.2) is 0 Å². The van der Waals surface area contributed by atoms with E-state index in [4.69, 9.17) is 35.3 Å². The van der Waals surface area contributed by atoms with Crippen LogP contribution in [0.3, 0.4) is 0 Å². The predicted molar refractivity (Wildman–Crippen MR) is 130 cm³/mol. The van der Waals surface area contributed by atoms with Crippen LogP contribution in [-0.2, 0) is 19.5 Å². The maximum absolute atomic E-state index is 6.40. The first-order valence-corrected chi connectivity index (χ1v) is 11.0. The van der Waals surface area contributed by atoms with Crippen LogP contribution in [0.15, 0.2) is 54.6 Å². The summed E-state index contributed by atoms with van der Waals surface area (Å²) in [5.74, 6) is 3.09. The zero-order valence-corrected chi connectivity index (χ0v) is 20.2. The van der Waals surface area contributed by atoms with E-state index in [-0.39, 0.29) is 0 Å². The van der Waals surface area contributed by atoms with Crippen LogP contribution in [0.1, 0.15) is 16.7 Å². The molecule has 0 spiro atoms. The van der Waals surface area contributed by atoms with Gasteiger partial charge in [-0.3, -0.25) is 0 Å². The van der Waals surface area contributed by atoms with E-state index >= 15 is 0 Å². The van der Waals surface area contributed by atoms with E-state index in [1.54, 1.807) is 34.5 Å². The van der Waals surface area contributed by atoms with Crippen LogP contribution >= 0.6 is 11.6 Å². The lowest BCUT2D eigenvalue weighted by molar-refractivity contribution is 0.277. The smallest absolute Gasteiger partial charge is 0.203 e. The average Bonchev–Trinajstić information content (AvgIpc) is 2.85. The molecule has 0 amide bonds. The van der Waals surface area contributed by atoms with Crippen molar-refractivity contribution in [2.45, 2.75) is 19.5 Å². The molecule has 0 atom stereocenters. The number of halogens is 1. The normalized spacial score (nSPS) is 10.6. The summed E-state index contributed by atoms with van der Waals surface area (Å²) < 4.78 is 27.9. The number of hydrogen-bond acceptors (Lipinski definition) is 6. The van der Waals surface area contributed by atoms with Crippen LogP contribution in [0.25, 0.3) is 0 Å². The zero-order valence-electron chi connectivity index (χ0n) is 19.4. The van der Waals surface area contributed by atoms with Crippen LogP contribution in [0, 0.1) is 0 Å². The Morgan fingerprint density at radius 1 is 0.697 bits per heavy atom. The number of methoxy groups -OCH3 is 4. The summed E-state index contributed by atoms with van der Waals surface area (Å²) in [7, 11) is 6.44. The molecule has 1 N–H and O–H groups in total.